The largest absolute Gasteiger partial charge is 0.381 e. The summed E-state index contributed by atoms with van der Waals surface area (Å²) in [5.74, 6) is 0. The molecular formula is C12H13BrO. The predicted molar refractivity (Wildman–Crippen MR) is 61.0 cm³/mol. The minimum Gasteiger partial charge on any atom is -0.381 e. The second-order valence-electron chi connectivity index (χ2n) is 3.73. The van der Waals surface area contributed by atoms with Crippen molar-refractivity contribution in [2.75, 3.05) is 0 Å². The molecule has 0 bridgehead atoms. The molecule has 0 spiro atoms. The van der Waals surface area contributed by atoms with Gasteiger partial charge in [0.25, 0.3) is 0 Å². The molecule has 1 unspecified atom stereocenters. The lowest BCUT2D eigenvalue weighted by molar-refractivity contribution is 0.0725. The molecule has 14 heavy (non-hydrogen) atoms. The van der Waals surface area contributed by atoms with E-state index in [2.05, 4.69) is 22.0 Å². The topological polar surface area (TPSA) is 20.2 Å². The average Bonchev–Trinajstić information content (AvgIpc) is 2.19. The van der Waals surface area contributed by atoms with Crippen molar-refractivity contribution in [2.45, 2.75) is 24.9 Å². The van der Waals surface area contributed by atoms with Crippen LogP contribution in [0, 0.1) is 0 Å². The van der Waals surface area contributed by atoms with E-state index in [-0.39, 0.29) is 0 Å². The molecule has 0 saturated heterocycles. The van der Waals surface area contributed by atoms with E-state index in [1.54, 1.807) is 0 Å². The Labute approximate surface area is 92.6 Å². The van der Waals surface area contributed by atoms with Crippen molar-refractivity contribution in [3.05, 3.63) is 46.5 Å². The van der Waals surface area contributed by atoms with Crippen LogP contribution in [0.3, 0.4) is 0 Å². The summed E-state index contributed by atoms with van der Waals surface area (Å²) in [4.78, 5) is 0. The van der Waals surface area contributed by atoms with Crippen LogP contribution in [-0.4, -0.2) is 5.11 Å². The minimum absolute atomic E-state index is 0.748. The van der Waals surface area contributed by atoms with E-state index in [4.69, 9.17) is 0 Å². The Bertz CT molecular complexity index is 359. The lowest BCUT2D eigenvalue weighted by Gasteiger charge is -2.28. The third-order valence-corrected chi connectivity index (χ3v) is 3.14. The van der Waals surface area contributed by atoms with E-state index in [9.17, 15) is 5.11 Å². The van der Waals surface area contributed by atoms with Crippen LogP contribution < -0.4 is 0 Å². The molecule has 0 radical (unpaired) electrons. The van der Waals surface area contributed by atoms with Crippen LogP contribution in [0.1, 0.15) is 24.8 Å². The van der Waals surface area contributed by atoms with Crippen molar-refractivity contribution in [3.63, 3.8) is 0 Å². The summed E-state index contributed by atoms with van der Waals surface area (Å²) in [6, 6.07) is 7.88. The van der Waals surface area contributed by atoms with Crippen LogP contribution >= 0.6 is 15.9 Å². The molecule has 1 aromatic rings. The Morgan fingerprint density at radius 2 is 2.21 bits per heavy atom. The second-order valence-corrected chi connectivity index (χ2v) is 4.64. The Balaban J connectivity index is 2.37. The lowest BCUT2D eigenvalue weighted by Crippen LogP contribution is -2.24. The highest BCUT2D eigenvalue weighted by Crippen LogP contribution is 2.33. The molecule has 1 aliphatic rings. The number of aliphatic hydroxyl groups is 1. The Kier molecular flexibility index (Phi) is 2.75. The Morgan fingerprint density at radius 3 is 2.86 bits per heavy atom. The van der Waals surface area contributed by atoms with Gasteiger partial charge < -0.3 is 5.11 Å². The number of hydrogen-bond acceptors (Lipinski definition) is 1. The second kappa shape index (κ2) is 3.87. The highest BCUT2D eigenvalue weighted by molar-refractivity contribution is 9.10. The van der Waals surface area contributed by atoms with Gasteiger partial charge in [0.1, 0.15) is 5.60 Å². The molecule has 2 heteroatoms. The summed E-state index contributed by atoms with van der Waals surface area (Å²) in [6.07, 6.45) is 6.93. The number of halogens is 1. The van der Waals surface area contributed by atoms with Gasteiger partial charge in [-0.05, 0) is 37.0 Å². The van der Waals surface area contributed by atoms with Gasteiger partial charge in [-0.15, -0.1) is 0 Å². The van der Waals surface area contributed by atoms with Crippen molar-refractivity contribution >= 4 is 15.9 Å². The van der Waals surface area contributed by atoms with Crippen molar-refractivity contribution in [1.82, 2.24) is 0 Å². The van der Waals surface area contributed by atoms with Crippen LogP contribution in [0.25, 0.3) is 0 Å². The fourth-order valence-electron chi connectivity index (χ4n) is 1.85. The number of rotatable bonds is 1. The third kappa shape index (κ3) is 1.91. The first kappa shape index (κ1) is 9.94. The molecule has 0 amide bonds. The molecule has 1 aromatic carbocycles. The zero-order chi connectivity index (χ0) is 10.0. The summed E-state index contributed by atoms with van der Waals surface area (Å²) >= 11 is 3.42. The molecule has 0 saturated carbocycles. The van der Waals surface area contributed by atoms with Crippen LogP contribution in [-0.2, 0) is 5.60 Å². The van der Waals surface area contributed by atoms with E-state index < -0.39 is 5.60 Å². The standard InChI is InChI=1S/C12H13BrO/c13-11-6-4-5-10(9-11)12(14)7-2-1-3-8-12/h2,4-7,9,14H,1,3,8H2. The van der Waals surface area contributed by atoms with Gasteiger partial charge in [0.05, 0.1) is 0 Å². The quantitative estimate of drug-likeness (QED) is 0.761. The zero-order valence-corrected chi connectivity index (χ0v) is 9.50. The molecule has 74 valence electrons. The molecule has 1 atom stereocenters. The highest BCUT2D eigenvalue weighted by atomic mass is 79.9. The molecule has 1 aliphatic carbocycles. The average molecular weight is 253 g/mol. The van der Waals surface area contributed by atoms with Crippen molar-refractivity contribution in [1.29, 1.82) is 0 Å². The van der Waals surface area contributed by atoms with E-state index in [1.807, 2.05) is 30.3 Å². The third-order valence-electron chi connectivity index (χ3n) is 2.65. The summed E-state index contributed by atoms with van der Waals surface area (Å²) in [6.45, 7) is 0. The van der Waals surface area contributed by atoms with Crippen LogP contribution in [0.4, 0.5) is 0 Å². The maximum atomic E-state index is 10.4. The monoisotopic (exact) mass is 252 g/mol. The zero-order valence-electron chi connectivity index (χ0n) is 7.91. The summed E-state index contributed by atoms with van der Waals surface area (Å²) in [5.41, 5.74) is 0.227. The van der Waals surface area contributed by atoms with Gasteiger partial charge in [0.15, 0.2) is 0 Å². The molecular weight excluding hydrogens is 240 g/mol. The summed E-state index contributed by atoms with van der Waals surface area (Å²) < 4.78 is 1.02. The normalized spacial score (nSPS) is 26.4. The predicted octanol–water partition coefficient (Wildman–Crippen LogP) is 3.38. The van der Waals surface area contributed by atoms with Gasteiger partial charge in [0.2, 0.25) is 0 Å². The molecule has 1 N–H and O–H groups in total. The first-order valence-electron chi connectivity index (χ1n) is 4.87. The van der Waals surface area contributed by atoms with Crippen molar-refractivity contribution in [2.24, 2.45) is 0 Å². The number of hydrogen-bond donors (Lipinski definition) is 1. The Morgan fingerprint density at radius 1 is 1.36 bits per heavy atom. The fraction of sp³-hybridized carbons (Fsp3) is 0.333. The maximum Gasteiger partial charge on any atom is 0.108 e. The lowest BCUT2D eigenvalue weighted by atomic mass is 9.85. The molecule has 2 rings (SSSR count). The van der Waals surface area contributed by atoms with E-state index in [1.165, 1.54) is 0 Å². The van der Waals surface area contributed by atoms with Gasteiger partial charge >= 0.3 is 0 Å². The SMILES string of the molecule is OC1(c2cccc(Br)c2)C=CCCC1. The van der Waals surface area contributed by atoms with E-state index in [0.29, 0.717) is 0 Å². The number of allylic oxidation sites excluding steroid dienone is 1. The minimum atomic E-state index is -0.748. The maximum absolute atomic E-state index is 10.4. The van der Waals surface area contributed by atoms with Crippen LogP contribution in [0.2, 0.25) is 0 Å². The van der Waals surface area contributed by atoms with Crippen molar-refractivity contribution < 1.29 is 5.11 Å². The van der Waals surface area contributed by atoms with Crippen molar-refractivity contribution in [3.8, 4) is 0 Å². The first-order chi connectivity index (χ1) is 6.71. The summed E-state index contributed by atoms with van der Waals surface area (Å²) in [5, 5.41) is 10.4. The molecule has 0 aliphatic heterocycles. The van der Waals surface area contributed by atoms with Crippen LogP contribution in [0.5, 0.6) is 0 Å². The summed E-state index contributed by atoms with van der Waals surface area (Å²) in [7, 11) is 0. The first-order valence-corrected chi connectivity index (χ1v) is 5.66. The van der Waals surface area contributed by atoms with Crippen LogP contribution in [0.15, 0.2) is 40.9 Å². The smallest absolute Gasteiger partial charge is 0.108 e. The van der Waals surface area contributed by atoms with Gasteiger partial charge in [0, 0.05) is 4.47 Å². The van der Waals surface area contributed by atoms with Gasteiger partial charge in [-0.3, -0.25) is 0 Å². The molecule has 0 heterocycles. The number of benzene rings is 1. The molecule has 1 nitrogen and oxygen atoms in total. The molecule has 0 aromatic heterocycles. The Hall–Kier alpha value is -0.600. The van der Waals surface area contributed by atoms with Gasteiger partial charge in [-0.2, -0.15) is 0 Å². The fourth-order valence-corrected chi connectivity index (χ4v) is 2.25. The van der Waals surface area contributed by atoms with E-state index >= 15 is 0 Å². The van der Waals surface area contributed by atoms with Gasteiger partial charge in [-0.25, -0.2) is 0 Å². The van der Waals surface area contributed by atoms with E-state index in [0.717, 1.165) is 29.3 Å². The highest BCUT2D eigenvalue weighted by Gasteiger charge is 2.27. The molecule has 0 fully saturated rings. The van der Waals surface area contributed by atoms with Gasteiger partial charge in [-0.1, -0.05) is 40.2 Å².